The Morgan fingerprint density at radius 1 is 1.20 bits per heavy atom. The smallest absolute Gasteiger partial charge is 0.254 e. The van der Waals surface area contributed by atoms with Crippen LogP contribution in [-0.4, -0.2) is 43.8 Å². The molecule has 35 heavy (non-hydrogen) atoms. The van der Waals surface area contributed by atoms with E-state index in [1.54, 1.807) is 18.2 Å². The van der Waals surface area contributed by atoms with Crippen molar-refractivity contribution in [1.82, 2.24) is 19.7 Å². The first kappa shape index (κ1) is 25.0. The third-order valence-corrected chi connectivity index (χ3v) is 7.25. The highest BCUT2D eigenvalue weighted by Gasteiger charge is 2.35. The number of aryl methyl sites for hydroxylation is 2. The lowest BCUT2D eigenvalue weighted by Crippen LogP contribution is -2.32. The number of amides is 2. The Bertz CT molecular complexity index is 1260. The van der Waals surface area contributed by atoms with Crippen LogP contribution in [-0.2, 0) is 11.3 Å². The summed E-state index contributed by atoms with van der Waals surface area (Å²) in [6.45, 7) is 8.89. The number of carbonyl (C=O) groups is 2. The van der Waals surface area contributed by atoms with Gasteiger partial charge in [-0.25, -0.2) is 0 Å². The topological polar surface area (TPSA) is 80.1 Å². The maximum atomic E-state index is 13.3. The Kier molecular flexibility index (Phi) is 7.93. The predicted molar refractivity (Wildman–Crippen MR) is 140 cm³/mol. The lowest BCUT2D eigenvalue weighted by molar-refractivity contribution is -0.113. The van der Waals surface area contributed by atoms with Gasteiger partial charge in [0.1, 0.15) is 0 Å². The zero-order valence-corrected chi connectivity index (χ0v) is 21.4. The molecule has 0 bridgehead atoms. The molecule has 2 aromatic carbocycles. The van der Waals surface area contributed by atoms with Gasteiger partial charge in [0, 0.05) is 29.4 Å². The molecule has 2 amide bonds. The molecule has 1 fully saturated rings. The fourth-order valence-electron chi connectivity index (χ4n) is 4.25. The third kappa shape index (κ3) is 5.60. The minimum absolute atomic E-state index is 0.00391. The standard InChI is InChI=1S/C26H28ClN5O2S/c1-4-13-32-24(22-10-7-14-31(22)25(34)20-9-6-5-8-17(20)2)29-30-26(32)35-16-23(33)28-21-15-19(27)12-11-18(21)3/h4-6,8-9,11-12,15,22H,1,7,10,13-14,16H2,2-3H3,(H,28,33). The van der Waals surface area contributed by atoms with E-state index in [9.17, 15) is 9.59 Å². The summed E-state index contributed by atoms with van der Waals surface area (Å²) < 4.78 is 1.95. The second-order valence-electron chi connectivity index (χ2n) is 8.51. The van der Waals surface area contributed by atoms with E-state index in [2.05, 4.69) is 22.1 Å². The molecule has 1 aliphatic heterocycles. The number of anilines is 1. The molecule has 4 rings (SSSR count). The number of benzene rings is 2. The highest BCUT2D eigenvalue weighted by Crippen LogP contribution is 2.34. The molecule has 1 unspecified atom stereocenters. The molecular weight excluding hydrogens is 482 g/mol. The van der Waals surface area contributed by atoms with Crippen molar-refractivity contribution in [2.45, 2.75) is 44.4 Å². The molecule has 2 heterocycles. The number of hydrogen-bond acceptors (Lipinski definition) is 5. The Labute approximate surface area is 214 Å². The first-order chi connectivity index (χ1) is 16.9. The average Bonchev–Trinajstić information content (AvgIpc) is 3.47. The highest BCUT2D eigenvalue weighted by molar-refractivity contribution is 7.99. The second kappa shape index (κ2) is 11.1. The summed E-state index contributed by atoms with van der Waals surface area (Å²) in [7, 11) is 0. The van der Waals surface area contributed by atoms with Crippen LogP contribution in [0.4, 0.5) is 5.69 Å². The number of nitrogens with one attached hydrogen (secondary N) is 1. The van der Waals surface area contributed by atoms with E-state index in [4.69, 9.17) is 11.6 Å². The average molecular weight is 510 g/mol. The largest absolute Gasteiger partial charge is 0.328 e. The SMILES string of the molecule is C=CCn1c(SCC(=O)Nc2cc(Cl)ccc2C)nnc1C1CCCN1C(=O)c1ccccc1C. The van der Waals surface area contributed by atoms with Crippen LogP contribution in [0.3, 0.4) is 0 Å². The van der Waals surface area contributed by atoms with Gasteiger partial charge in [0.05, 0.1) is 11.8 Å². The molecule has 1 saturated heterocycles. The zero-order chi connectivity index (χ0) is 24.9. The number of allylic oxidation sites excluding steroid dienone is 1. The molecule has 0 spiro atoms. The van der Waals surface area contributed by atoms with Gasteiger partial charge in [0.15, 0.2) is 11.0 Å². The quantitative estimate of drug-likeness (QED) is 0.323. The number of aromatic nitrogens is 3. The molecule has 1 atom stereocenters. The Morgan fingerprint density at radius 3 is 2.77 bits per heavy atom. The van der Waals surface area contributed by atoms with E-state index in [1.807, 2.05) is 53.6 Å². The van der Waals surface area contributed by atoms with Crippen molar-refractivity contribution < 1.29 is 9.59 Å². The van der Waals surface area contributed by atoms with Crippen molar-refractivity contribution in [3.8, 4) is 0 Å². The van der Waals surface area contributed by atoms with Crippen LogP contribution in [0.15, 0.2) is 60.3 Å². The van der Waals surface area contributed by atoms with Gasteiger partial charge >= 0.3 is 0 Å². The van der Waals surface area contributed by atoms with Gasteiger partial charge in [-0.2, -0.15) is 0 Å². The summed E-state index contributed by atoms with van der Waals surface area (Å²) >= 11 is 7.37. The molecule has 7 nitrogen and oxygen atoms in total. The number of rotatable bonds is 8. The molecular formula is C26H28ClN5O2S. The lowest BCUT2D eigenvalue weighted by atomic mass is 10.1. The van der Waals surface area contributed by atoms with Crippen LogP contribution in [0.5, 0.6) is 0 Å². The summed E-state index contributed by atoms with van der Waals surface area (Å²) in [4.78, 5) is 27.8. The molecule has 1 aromatic heterocycles. The van der Waals surface area contributed by atoms with Crippen molar-refractivity contribution in [2.75, 3.05) is 17.6 Å². The van der Waals surface area contributed by atoms with Crippen LogP contribution < -0.4 is 5.32 Å². The highest BCUT2D eigenvalue weighted by atomic mass is 35.5. The monoisotopic (exact) mass is 509 g/mol. The van der Waals surface area contributed by atoms with Gasteiger partial charge in [0.25, 0.3) is 5.91 Å². The molecule has 9 heteroatoms. The van der Waals surface area contributed by atoms with Gasteiger partial charge in [-0.1, -0.05) is 53.7 Å². The van der Waals surface area contributed by atoms with Gasteiger partial charge in [0.2, 0.25) is 5.91 Å². The van der Waals surface area contributed by atoms with Crippen LogP contribution in [0.1, 0.15) is 46.2 Å². The molecule has 0 radical (unpaired) electrons. The number of likely N-dealkylation sites (tertiary alicyclic amines) is 1. The van der Waals surface area contributed by atoms with E-state index >= 15 is 0 Å². The van der Waals surface area contributed by atoms with Crippen molar-refractivity contribution in [3.05, 3.63) is 82.7 Å². The summed E-state index contributed by atoms with van der Waals surface area (Å²) in [6, 6.07) is 12.8. The van der Waals surface area contributed by atoms with Crippen LogP contribution in [0.25, 0.3) is 0 Å². The number of carbonyl (C=O) groups excluding carboxylic acids is 2. The van der Waals surface area contributed by atoms with Gasteiger partial charge < -0.3 is 14.8 Å². The van der Waals surface area contributed by atoms with Crippen LogP contribution >= 0.6 is 23.4 Å². The Hall–Kier alpha value is -3.10. The fourth-order valence-corrected chi connectivity index (χ4v) is 5.17. The van der Waals surface area contributed by atoms with Crippen molar-refractivity contribution in [3.63, 3.8) is 0 Å². The van der Waals surface area contributed by atoms with Gasteiger partial charge in [-0.15, -0.1) is 16.8 Å². The zero-order valence-electron chi connectivity index (χ0n) is 19.8. The number of halogens is 1. The van der Waals surface area contributed by atoms with Crippen LogP contribution in [0, 0.1) is 13.8 Å². The summed E-state index contributed by atoms with van der Waals surface area (Å²) in [5.41, 5.74) is 3.28. The summed E-state index contributed by atoms with van der Waals surface area (Å²) in [6.07, 6.45) is 3.48. The lowest BCUT2D eigenvalue weighted by Gasteiger charge is -2.25. The summed E-state index contributed by atoms with van der Waals surface area (Å²) in [5, 5.41) is 12.9. The Morgan fingerprint density at radius 2 is 2.00 bits per heavy atom. The van der Waals surface area contributed by atoms with Crippen LogP contribution in [0.2, 0.25) is 5.02 Å². The first-order valence-electron chi connectivity index (χ1n) is 11.5. The minimum atomic E-state index is -0.174. The summed E-state index contributed by atoms with van der Waals surface area (Å²) in [5.74, 6) is 0.729. The van der Waals surface area contributed by atoms with Gasteiger partial charge in [-0.3, -0.25) is 9.59 Å². The molecule has 3 aromatic rings. The number of nitrogens with zero attached hydrogens (tertiary/aromatic N) is 4. The molecule has 1 N–H and O–H groups in total. The molecule has 1 aliphatic rings. The molecule has 182 valence electrons. The van der Waals surface area contributed by atoms with Crippen molar-refractivity contribution in [1.29, 1.82) is 0 Å². The number of thioether (sulfide) groups is 1. The fraction of sp³-hybridized carbons (Fsp3) is 0.308. The maximum absolute atomic E-state index is 13.3. The normalized spacial score (nSPS) is 15.3. The van der Waals surface area contributed by atoms with Crippen molar-refractivity contribution >= 4 is 40.9 Å². The second-order valence-corrected chi connectivity index (χ2v) is 9.89. The molecule has 0 aliphatic carbocycles. The predicted octanol–water partition coefficient (Wildman–Crippen LogP) is 5.44. The van der Waals surface area contributed by atoms with Gasteiger partial charge in [-0.05, 0) is 56.0 Å². The van der Waals surface area contributed by atoms with E-state index in [0.717, 1.165) is 29.8 Å². The van der Waals surface area contributed by atoms with E-state index in [1.165, 1.54) is 11.8 Å². The van der Waals surface area contributed by atoms with E-state index in [0.29, 0.717) is 34.5 Å². The van der Waals surface area contributed by atoms with E-state index in [-0.39, 0.29) is 23.6 Å². The van der Waals surface area contributed by atoms with Crippen molar-refractivity contribution in [2.24, 2.45) is 0 Å². The molecule has 0 saturated carbocycles. The first-order valence-corrected chi connectivity index (χ1v) is 12.8. The van der Waals surface area contributed by atoms with E-state index < -0.39 is 0 Å². The minimum Gasteiger partial charge on any atom is -0.328 e. The third-order valence-electron chi connectivity index (χ3n) is 6.05. The number of hydrogen-bond donors (Lipinski definition) is 1. The maximum Gasteiger partial charge on any atom is 0.254 e. The Balaban J connectivity index is 1.50.